The number of hydrogen-bond acceptors (Lipinski definition) is 4. The Bertz CT molecular complexity index is 790. The van der Waals surface area contributed by atoms with E-state index in [1.54, 1.807) is 0 Å². The van der Waals surface area contributed by atoms with E-state index in [1.165, 1.54) is 180 Å². The number of unbranched alkanes of at least 4 members (excludes halogenated alkanes) is 32. The Morgan fingerprint density at radius 1 is 0.469 bits per heavy atom. The van der Waals surface area contributed by atoms with Crippen molar-refractivity contribution in [1.29, 1.82) is 0 Å². The number of aliphatic hydroxyl groups is 1. The van der Waals surface area contributed by atoms with Crippen molar-refractivity contribution in [2.75, 3.05) is 5.75 Å². The fourth-order valence-electron chi connectivity index (χ4n) is 7.04. The van der Waals surface area contributed by atoms with Crippen LogP contribution in [0.25, 0.3) is 0 Å². The fraction of sp³-hybridized carbons (Fsp3) is 0.976. The Labute approximate surface area is 306 Å². The molecule has 2 unspecified atom stereocenters. The van der Waals surface area contributed by atoms with Crippen LogP contribution in [0.5, 0.6) is 0 Å². The summed E-state index contributed by atoms with van der Waals surface area (Å²) in [6.07, 6.45) is 43.4. The summed E-state index contributed by atoms with van der Waals surface area (Å²) in [6.45, 7) is 4.54. The van der Waals surface area contributed by atoms with Crippen molar-refractivity contribution in [3.05, 3.63) is 0 Å². The second-order valence-corrected chi connectivity index (χ2v) is 16.8. The van der Waals surface area contributed by atoms with Gasteiger partial charge in [-0.2, -0.15) is 8.42 Å². The molecule has 1 amide bonds. The summed E-state index contributed by atoms with van der Waals surface area (Å²) < 4.78 is 32.6. The summed E-state index contributed by atoms with van der Waals surface area (Å²) in [5.41, 5.74) is 0. The summed E-state index contributed by atoms with van der Waals surface area (Å²) in [5, 5.41) is 13.4. The van der Waals surface area contributed by atoms with Crippen LogP contribution >= 0.6 is 0 Å². The summed E-state index contributed by atoms with van der Waals surface area (Å²) in [7, 11) is -4.30. The van der Waals surface area contributed by atoms with Crippen molar-refractivity contribution in [2.45, 2.75) is 257 Å². The Kier molecular flexibility index (Phi) is 36.6. The molecule has 49 heavy (non-hydrogen) atoms. The lowest BCUT2D eigenvalue weighted by Gasteiger charge is -2.23. The average Bonchev–Trinajstić information content (AvgIpc) is 3.06. The topological polar surface area (TPSA) is 104 Å². The zero-order chi connectivity index (χ0) is 36.1. The summed E-state index contributed by atoms with van der Waals surface area (Å²) >= 11 is 0. The van der Waals surface area contributed by atoms with Crippen molar-refractivity contribution in [2.24, 2.45) is 0 Å². The molecule has 0 saturated carbocycles. The molecule has 2 atom stereocenters. The Balaban J connectivity index is 3.79. The minimum Gasteiger partial charge on any atom is -0.391 e. The maximum Gasteiger partial charge on any atom is 0.266 e. The van der Waals surface area contributed by atoms with Gasteiger partial charge in [-0.3, -0.25) is 9.35 Å². The minimum absolute atomic E-state index is 0.240. The van der Waals surface area contributed by atoms with Crippen LogP contribution in [0.4, 0.5) is 0 Å². The number of nitrogens with one attached hydrogen (secondary N) is 1. The number of aliphatic hydroxyl groups excluding tert-OH is 1. The van der Waals surface area contributed by atoms with E-state index in [2.05, 4.69) is 19.2 Å². The van der Waals surface area contributed by atoms with Crippen molar-refractivity contribution in [1.82, 2.24) is 5.32 Å². The van der Waals surface area contributed by atoms with Gasteiger partial charge in [-0.1, -0.05) is 226 Å². The predicted molar refractivity (Wildman–Crippen MR) is 212 cm³/mol. The van der Waals surface area contributed by atoms with Crippen LogP contribution in [-0.4, -0.2) is 41.9 Å². The number of carbonyl (C=O) groups is 1. The van der Waals surface area contributed by atoms with Crippen LogP contribution < -0.4 is 5.32 Å². The van der Waals surface area contributed by atoms with E-state index < -0.39 is 28.0 Å². The first kappa shape index (κ1) is 48.3. The number of carbonyl (C=O) groups excluding carboxylic acids is 1. The molecular formula is C42H85NO5S. The molecule has 0 heterocycles. The van der Waals surface area contributed by atoms with Crippen molar-refractivity contribution >= 4 is 16.0 Å². The minimum atomic E-state index is -4.30. The molecule has 0 rings (SSSR count). The van der Waals surface area contributed by atoms with Crippen LogP contribution in [0, 0.1) is 0 Å². The van der Waals surface area contributed by atoms with Crippen LogP contribution in [0.3, 0.4) is 0 Å². The lowest BCUT2D eigenvalue weighted by molar-refractivity contribution is -0.122. The lowest BCUT2D eigenvalue weighted by Crippen LogP contribution is -2.47. The molecule has 0 aliphatic rings. The van der Waals surface area contributed by atoms with Gasteiger partial charge < -0.3 is 10.4 Å². The average molecular weight is 716 g/mol. The van der Waals surface area contributed by atoms with E-state index >= 15 is 0 Å². The molecule has 0 aliphatic carbocycles. The molecule has 0 fully saturated rings. The molecule has 0 aliphatic heterocycles. The lowest BCUT2D eigenvalue weighted by atomic mass is 10.0. The van der Waals surface area contributed by atoms with Gasteiger partial charge >= 0.3 is 0 Å². The first-order chi connectivity index (χ1) is 23.8. The molecule has 0 aromatic heterocycles. The van der Waals surface area contributed by atoms with Crippen LogP contribution in [0.2, 0.25) is 0 Å². The third kappa shape index (κ3) is 38.4. The van der Waals surface area contributed by atoms with Crippen LogP contribution in [-0.2, 0) is 14.9 Å². The maximum atomic E-state index is 12.5. The third-order valence-corrected chi connectivity index (χ3v) is 11.1. The second kappa shape index (κ2) is 37.1. The predicted octanol–water partition coefficient (Wildman–Crippen LogP) is 12.8. The van der Waals surface area contributed by atoms with Crippen LogP contribution in [0.15, 0.2) is 0 Å². The Hall–Kier alpha value is -0.660. The maximum absolute atomic E-state index is 12.5. The zero-order valence-electron chi connectivity index (χ0n) is 32.8. The smallest absolute Gasteiger partial charge is 0.266 e. The molecule has 0 spiro atoms. The SMILES string of the molecule is CCCCCCCCCCCCCCCCCCCCC(=O)NC(CS(=O)(=O)O)C(O)CCCCCCCCCCCCCCCCCC. The largest absolute Gasteiger partial charge is 0.391 e. The normalized spacial score (nSPS) is 13.1. The van der Waals surface area contributed by atoms with E-state index in [0.717, 1.165) is 38.5 Å². The summed E-state index contributed by atoms with van der Waals surface area (Å²) in [6, 6.07) is -0.964. The molecular weight excluding hydrogens is 631 g/mol. The highest BCUT2D eigenvalue weighted by molar-refractivity contribution is 7.85. The molecule has 0 radical (unpaired) electrons. The van der Waals surface area contributed by atoms with E-state index in [4.69, 9.17) is 0 Å². The van der Waals surface area contributed by atoms with Gasteiger partial charge in [0.25, 0.3) is 10.1 Å². The standard InChI is InChI=1S/C42H85NO5S/c1-3-5-7-9-11-13-15-17-19-21-22-24-26-28-30-32-34-36-38-42(45)43-40(39-49(46,47)48)41(44)37-35-33-31-29-27-25-23-20-18-16-14-12-10-8-6-4-2/h40-41,44H,3-39H2,1-2H3,(H,43,45)(H,46,47,48). The number of rotatable bonds is 40. The number of hydrogen-bond donors (Lipinski definition) is 3. The molecule has 3 N–H and O–H groups in total. The van der Waals surface area contributed by atoms with Gasteiger partial charge in [0, 0.05) is 6.42 Å². The second-order valence-electron chi connectivity index (χ2n) is 15.3. The Morgan fingerprint density at radius 2 is 0.735 bits per heavy atom. The fourth-order valence-corrected chi connectivity index (χ4v) is 7.80. The third-order valence-electron chi connectivity index (χ3n) is 10.3. The molecule has 294 valence electrons. The summed E-state index contributed by atoms with van der Waals surface area (Å²) in [5.74, 6) is -0.881. The van der Waals surface area contributed by atoms with Gasteiger partial charge in [0.2, 0.25) is 5.91 Å². The van der Waals surface area contributed by atoms with Gasteiger partial charge in [-0.15, -0.1) is 0 Å². The van der Waals surface area contributed by atoms with Gasteiger partial charge in [0.1, 0.15) is 0 Å². The highest BCUT2D eigenvalue weighted by Crippen LogP contribution is 2.17. The van der Waals surface area contributed by atoms with Crippen molar-refractivity contribution in [3.8, 4) is 0 Å². The van der Waals surface area contributed by atoms with Gasteiger partial charge in [0.05, 0.1) is 17.9 Å². The van der Waals surface area contributed by atoms with E-state index in [0.29, 0.717) is 12.8 Å². The molecule has 0 saturated heterocycles. The molecule has 0 aromatic rings. The van der Waals surface area contributed by atoms with Crippen LogP contribution in [0.1, 0.15) is 245 Å². The molecule has 6 nitrogen and oxygen atoms in total. The monoisotopic (exact) mass is 716 g/mol. The Morgan fingerprint density at radius 3 is 1.02 bits per heavy atom. The molecule has 0 aromatic carbocycles. The molecule has 7 heteroatoms. The highest BCUT2D eigenvalue weighted by Gasteiger charge is 2.26. The first-order valence-corrected chi connectivity index (χ1v) is 23.3. The van der Waals surface area contributed by atoms with Crippen molar-refractivity contribution in [3.63, 3.8) is 0 Å². The quantitative estimate of drug-likeness (QED) is 0.0433. The van der Waals surface area contributed by atoms with E-state index in [1.807, 2.05) is 0 Å². The molecule has 0 bridgehead atoms. The van der Waals surface area contributed by atoms with Gasteiger partial charge in [0.15, 0.2) is 0 Å². The van der Waals surface area contributed by atoms with Gasteiger partial charge in [-0.25, -0.2) is 0 Å². The highest BCUT2D eigenvalue weighted by atomic mass is 32.2. The first-order valence-electron chi connectivity index (χ1n) is 21.7. The van der Waals surface area contributed by atoms with E-state index in [9.17, 15) is 22.9 Å². The zero-order valence-corrected chi connectivity index (χ0v) is 33.7. The van der Waals surface area contributed by atoms with Crippen molar-refractivity contribution < 1.29 is 22.9 Å². The van der Waals surface area contributed by atoms with Gasteiger partial charge in [-0.05, 0) is 12.8 Å². The van der Waals surface area contributed by atoms with E-state index in [-0.39, 0.29) is 5.91 Å². The number of amides is 1. The summed E-state index contributed by atoms with van der Waals surface area (Å²) in [4.78, 5) is 12.5.